The molecular weight excluding hydrogens is 412 g/mol. The van der Waals surface area contributed by atoms with Crippen molar-refractivity contribution in [3.8, 4) is 0 Å². The third kappa shape index (κ3) is 5.75. The Balaban J connectivity index is 1.73. The van der Waals surface area contributed by atoms with Gasteiger partial charge in [0.05, 0.1) is 10.6 Å². The number of aryl methyl sites for hydroxylation is 2. The number of hydrogen-bond acceptors (Lipinski definition) is 6. The summed E-state index contributed by atoms with van der Waals surface area (Å²) < 4.78 is 54.4. The third-order valence-corrected chi connectivity index (χ3v) is 6.45. The number of hydrogen-bond donors (Lipinski definition) is 2. The first-order chi connectivity index (χ1) is 13.6. The summed E-state index contributed by atoms with van der Waals surface area (Å²) in [5.41, 5.74) is 2.19. The SMILES string of the molecule is Cc1cc(C)nc(NS(=O)(=O)c2ccc(NS(=O)(=O)Cc3ccccc3)cc2)n1. The number of aromatic nitrogens is 2. The summed E-state index contributed by atoms with van der Waals surface area (Å²) in [6.45, 7) is 3.48. The molecule has 3 rings (SSSR count). The van der Waals surface area contributed by atoms with Crippen molar-refractivity contribution in [2.24, 2.45) is 0 Å². The Bertz CT molecular complexity index is 1190. The molecule has 0 fully saturated rings. The normalized spacial score (nSPS) is 11.8. The Morgan fingerprint density at radius 1 is 0.793 bits per heavy atom. The van der Waals surface area contributed by atoms with E-state index in [9.17, 15) is 16.8 Å². The smallest absolute Gasteiger partial charge is 0.264 e. The van der Waals surface area contributed by atoms with Gasteiger partial charge in [0.25, 0.3) is 10.0 Å². The number of anilines is 2. The standard InChI is InChI=1S/C19H20N4O4S2/c1-14-12-15(2)21-19(20-14)23-29(26,27)18-10-8-17(9-11-18)22-28(24,25)13-16-6-4-3-5-7-16/h3-12,22H,13H2,1-2H3,(H,20,21,23). The molecule has 1 heterocycles. The quantitative estimate of drug-likeness (QED) is 0.593. The largest absolute Gasteiger partial charge is 0.283 e. The highest BCUT2D eigenvalue weighted by molar-refractivity contribution is 7.92. The van der Waals surface area contributed by atoms with Crippen LogP contribution in [0.5, 0.6) is 0 Å². The van der Waals surface area contributed by atoms with Crippen molar-refractivity contribution < 1.29 is 16.8 Å². The van der Waals surface area contributed by atoms with Crippen LogP contribution in [0.2, 0.25) is 0 Å². The van der Waals surface area contributed by atoms with Crippen molar-refractivity contribution in [3.05, 3.63) is 77.6 Å². The van der Waals surface area contributed by atoms with Crippen molar-refractivity contribution in [1.82, 2.24) is 9.97 Å². The zero-order valence-electron chi connectivity index (χ0n) is 15.8. The molecule has 0 unspecified atom stereocenters. The van der Waals surface area contributed by atoms with Crippen LogP contribution in [0.15, 0.2) is 65.6 Å². The summed E-state index contributed by atoms with van der Waals surface area (Å²) >= 11 is 0. The van der Waals surface area contributed by atoms with E-state index in [1.807, 2.05) is 0 Å². The van der Waals surface area contributed by atoms with E-state index in [1.165, 1.54) is 24.3 Å². The van der Waals surface area contributed by atoms with Gasteiger partial charge in [-0.1, -0.05) is 30.3 Å². The molecule has 0 aliphatic rings. The van der Waals surface area contributed by atoms with Crippen LogP contribution < -0.4 is 9.44 Å². The van der Waals surface area contributed by atoms with Gasteiger partial charge in [0.15, 0.2) is 0 Å². The highest BCUT2D eigenvalue weighted by Crippen LogP contribution is 2.18. The zero-order valence-corrected chi connectivity index (χ0v) is 17.5. The first-order valence-electron chi connectivity index (χ1n) is 8.63. The summed E-state index contributed by atoms with van der Waals surface area (Å²) in [5.74, 6) is -0.199. The molecule has 8 nitrogen and oxygen atoms in total. The lowest BCUT2D eigenvalue weighted by Crippen LogP contribution is -2.17. The van der Waals surface area contributed by atoms with Gasteiger partial charge in [0.2, 0.25) is 16.0 Å². The number of rotatable bonds is 7. The van der Waals surface area contributed by atoms with Gasteiger partial charge in [-0.15, -0.1) is 0 Å². The summed E-state index contributed by atoms with van der Waals surface area (Å²) in [7, 11) is -7.54. The summed E-state index contributed by atoms with van der Waals surface area (Å²) in [4.78, 5) is 8.08. The van der Waals surface area contributed by atoms with E-state index in [0.29, 0.717) is 17.0 Å². The molecule has 0 spiro atoms. The van der Waals surface area contributed by atoms with Gasteiger partial charge in [0.1, 0.15) is 0 Å². The molecule has 2 aromatic carbocycles. The van der Waals surface area contributed by atoms with Crippen LogP contribution in [-0.2, 0) is 25.8 Å². The van der Waals surface area contributed by atoms with Gasteiger partial charge in [-0.3, -0.25) is 4.72 Å². The monoisotopic (exact) mass is 432 g/mol. The molecule has 0 saturated carbocycles. The fourth-order valence-electron chi connectivity index (χ4n) is 2.66. The van der Waals surface area contributed by atoms with E-state index in [0.717, 1.165) is 0 Å². The fraction of sp³-hybridized carbons (Fsp3) is 0.158. The van der Waals surface area contributed by atoms with Crippen molar-refractivity contribution >= 4 is 31.7 Å². The predicted molar refractivity (Wildman–Crippen MR) is 111 cm³/mol. The lowest BCUT2D eigenvalue weighted by molar-refractivity contribution is 0.599. The second-order valence-corrected chi connectivity index (χ2v) is 9.86. The van der Waals surface area contributed by atoms with E-state index in [-0.39, 0.29) is 22.3 Å². The van der Waals surface area contributed by atoms with Gasteiger partial charge >= 0.3 is 0 Å². The molecule has 152 valence electrons. The minimum absolute atomic E-state index is 0.0184. The summed E-state index contributed by atoms with van der Waals surface area (Å²) in [6, 6.07) is 15.9. The topological polar surface area (TPSA) is 118 Å². The lowest BCUT2D eigenvalue weighted by atomic mass is 10.2. The van der Waals surface area contributed by atoms with Crippen LogP contribution >= 0.6 is 0 Å². The van der Waals surface area contributed by atoms with Crippen LogP contribution in [0.4, 0.5) is 11.6 Å². The molecule has 2 N–H and O–H groups in total. The Morgan fingerprint density at radius 2 is 1.38 bits per heavy atom. The molecule has 29 heavy (non-hydrogen) atoms. The Morgan fingerprint density at radius 3 is 1.97 bits per heavy atom. The predicted octanol–water partition coefficient (Wildman–Crippen LogP) is 2.84. The van der Waals surface area contributed by atoms with Crippen molar-refractivity contribution in [2.75, 3.05) is 9.44 Å². The maximum atomic E-state index is 12.5. The molecule has 0 radical (unpaired) electrons. The minimum Gasteiger partial charge on any atom is -0.283 e. The molecule has 3 aromatic rings. The number of sulfonamides is 2. The second-order valence-electron chi connectivity index (χ2n) is 6.45. The molecule has 10 heteroatoms. The first kappa shape index (κ1) is 20.7. The highest BCUT2D eigenvalue weighted by atomic mass is 32.2. The van der Waals surface area contributed by atoms with Crippen molar-refractivity contribution in [2.45, 2.75) is 24.5 Å². The maximum absolute atomic E-state index is 12.5. The fourth-order valence-corrected chi connectivity index (χ4v) is 4.80. The zero-order chi connectivity index (χ0) is 21.1. The Hall–Kier alpha value is -2.98. The molecule has 0 aliphatic carbocycles. The highest BCUT2D eigenvalue weighted by Gasteiger charge is 2.17. The minimum atomic E-state index is -3.91. The molecular formula is C19H20N4O4S2. The summed E-state index contributed by atoms with van der Waals surface area (Å²) in [6.07, 6.45) is 0. The molecule has 1 aromatic heterocycles. The van der Waals surface area contributed by atoms with Crippen LogP contribution in [0, 0.1) is 13.8 Å². The van der Waals surface area contributed by atoms with Gasteiger partial charge in [0, 0.05) is 17.1 Å². The molecule has 0 atom stereocenters. The molecule has 0 aliphatic heterocycles. The number of nitrogens with one attached hydrogen (secondary N) is 2. The van der Waals surface area contributed by atoms with Gasteiger partial charge in [-0.2, -0.15) is 0 Å². The molecule has 0 bridgehead atoms. The Labute approximate surface area is 170 Å². The van der Waals surface area contributed by atoms with Gasteiger partial charge < -0.3 is 0 Å². The maximum Gasteiger partial charge on any atom is 0.264 e. The van der Waals surface area contributed by atoms with E-state index in [1.54, 1.807) is 50.2 Å². The first-order valence-corrected chi connectivity index (χ1v) is 11.8. The van der Waals surface area contributed by atoms with E-state index >= 15 is 0 Å². The third-order valence-electron chi connectivity index (χ3n) is 3.85. The van der Waals surface area contributed by atoms with Crippen LogP contribution in [0.25, 0.3) is 0 Å². The van der Waals surface area contributed by atoms with E-state index < -0.39 is 20.0 Å². The molecule has 0 saturated heterocycles. The second kappa shape index (κ2) is 8.18. The van der Waals surface area contributed by atoms with Gasteiger partial charge in [-0.05, 0) is 49.7 Å². The van der Waals surface area contributed by atoms with Crippen LogP contribution in [0.3, 0.4) is 0 Å². The van der Waals surface area contributed by atoms with E-state index in [2.05, 4.69) is 19.4 Å². The van der Waals surface area contributed by atoms with Crippen molar-refractivity contribution in [1.29, 1.82) is 0 Å². The van der Waals surface area contributed by atoms with Gasteiger partial charge in [-0.25, -0.2) is 31.5 Å². The van der Waals surface area contributed by atoms with E-state index in [4.69, 9.17) is 0 Å². The summed E-state index contributed by atoms with van der Waals surface area (Å²) in [5, 5.41) is 0. The van der Waals surface area contributed by atoms with Crippen molar-refractivity contribution in [3.63, 3.8) is 0 Å². The van der Waals surface area contributed by atoms with Crippen LogP contribution in [0.1, 0.15) is 17.0 Å². The number of nitrogens with zero attached hydrogens (tertiary/aromatic N) is 2. The lowest BCUT2D eigenvalue weighted by Gasteiger charge is -2.10. The Kier molecular flexibility index (Phi) is 5.85. The number of benzene rings is 2. The average Bonchev–Trinajstić information content (AvgIpc) is 2.61. The average molecular weight is 433 g/mol. The molecule has 0 amide bonds. The van der Waals surface area contributed by atoms with Crippen LogP contribution in [-0.4, -0.2) is 26.8 Å².